The highest BCUT2D eigenvalue weighted by Crippen LogP contribution is 2.48. The summed E-state index contributed by atoms with van der Waals surface area (Å²) in [5.41, 5.74) is 0.811. The number of nitrogens with zero attached hydrogens (tertiary/aromatic N) is 1. The fourth-order valence-electron chi connectivity index (χ4n) is 4.22. The number of aliphatic hydroxyl groups excluding tert-OH is 1. The SMILES string of the molecule is COc1cc(C(=O)NCC(O)(c2nc(-c3ccc(F)cc3)cc3c2OCC3(C)N)C(F)(F)F)ccc1OCC(C)O. The van der Waals surface area contributed by atoms with Crippen molar-refractivity contribution in [3.8, 4) is 28.5 Å². The first-order valence-corrected chi connectivity index (χ1v) is 12.5. The van der Waals surface area contributed by atoms with Crippen LogP contribution in [0.2, 0.25) is 0 Å². The molecule has 1 aromatic heterocycles. The van der Waals surface area contributed by atoms with Crippen LogP contribution in [0.5, 0.6) is 17.2 Å². The highest BCUT2D eigenvalue weighted by molar-refractivity contribution is 5.95. The van der Waals surface area contributed by atoms with E-state index < -0.39 is 47.4 Å². The van der Waals surface area contributed by atoms with Gasteiger partial charge in [0.05, 0.1) is 31.0 Å². The maximum atomic E-state index is 14.6. The number of nitrogens with two attached hydrogens (primary N) is 1. The quantitative estimate of drug-likeness (QED) is 0.283. The molecule has 0 saturated heterocycles. The zero-order chi connectivity index (χ0) is 30.2. The van der Waals surface area contributed by atoms with E-state index in [1.165, 1.54) is 50.4 Å². The standard InChI is InChI=1S/C28H29F4N3O6/c1-15(36)12-40-21-9-6-17(10-22(21)39-3)25(37)34-13-27(38,28(30,31)32)24-23-19(26(2,33)14-41-23)11-20(35-24)16-4-7-18(29)8-5-16/h4-11,15,36,38H,12-14,33H2,1-3H3,(H,34,37). The molecule has 1 aliphatic rings. The summed E-state index contributed by atoms with van der Waals surface area (Å²) < 4.78 is 73.3. The van der Waals surface area contributed by atoms with Crippen molar-refractivity contribution < 1.29 is 46.8 Å². The molecule has 0 radical (unpaired) electrons. The number of ether oxygens (including phenoxy) is 3. The summed E-state index contributed by atoms with van der Waals surface area (Å²) in [6.07, 6.45) is -6.10. The van der Waals surface area contributed by atoms with Crippen LogP contribution in [0.4, 0.5) is 17.6 Å². The lowest BCUT2D eigenvalue weighted by Crippen LogP contribution is -2.51. The molecule has 4 rings (SSSR count). The van der Waals surface area contributed by atoms with E-state index in [0.717, 1.165) is 12.1 Å². The number of hydrogen-bond acceptors (Lipinski definition) is 8. The zero-order valence-electron chi connectivity index (χ0n) is 22.4. The number of halogens is 4. The molecule has 9 nitrogen and oxygen atoms in total. The summed E-state index contributed by atoms with van der Waals surface area (Å²) >= 11 is 0. The monoisotopic (exact) mass is 579 g/mol. The van der Waals surface area contributed by atoms with Crippen LogP contribution in [0.15, 0.2) is 48.5 Å². The number of alkyl halides is 3. The van der Waals surface area contributed by atoms with Gasteiger partial charge >= 0.3 is 6.18 Å². The van der Waals surface area contributed by atoms with Gasteiger partial charge in [0.25, 0.3) is 5.91 Å². The largest absolute Gasteiger partial charge is 0.493 e. The van der Waals surface area contributed by atoms with Crippen LogP contribution in [0, 0.1) is 5.82 Å². The predicted molar refractivity (Wildman–Crippen MR) is 139 cm³/mol. The van der Waals surface area contributed by atoms with Crippen molar-refractivity contribution >= 4 is 5.91 Å². The van der Waals surface area contributed by atoms with E-state index in [2.05, 4.69) is 10.3 Å². The van der Waals surface area contributed by atoms with Gasteiger partial charge in [-0.05, 0) is 62.4 Å². The molecule has 3 aromatic rings. The van der Waals surface area contributed by atoms with Crippen molar-refractivity contribution in [2.45, 2.75) is 37.3 Å². The van der Waals surface area contributed by atoms with Crippen molar-refractivity contribution in [1.82, 2.24) is 10.3 Å². The second kappa shape index (κ2) is 11.1. The van der Waals surface area contributed by atoms with Crippen LogP contribution in [0.1, 0.15) is 35.5 Å². The molecule has 0 bridgehead atoms. The normalized spacial score (nSPS) is 18.6. The van der Waals surface area contributed by atoms with Gasteiger partial charge in [-0.2, -0.15) is 13.2 Å². The van der Waals surface area contributed by atoms with E-state index in [0.29, 0.717) is 0 Å². The Labute approximate surface area is 232 Å². The lowest BCUT2D eigenvalue weighted by Gasteiger charge is -2.31. The third kappa shape index (κ3) is 6.06. The molecule has 3 unspecified atom stereocenters. The Morgan fingerprint density at radius 2 is 1.88 bits per heavy atom. The molecule has 1 aliphatic heterocycles. The summed E-state index contributed by atoms with van der Waals surface area (Å²) in [6.45, 7) is 1.49. The van der Waals surface area contributed by atoms with Gasteiger partial charge in [0.2, 0.25) is 5.60 Å². The number of rotatable bonds is 9. The fraction of sp³-hybridized carbons (Fsp3) is 0.357. The maximum Gasteiger partial charge on any atom is 0.424 e. The number of amides is 1. The number of hydrogen-bond donors (Lipinski definition) is 4. The van der Waals surface area contributed by atoms with E-state index in [-0.39, 0.29) is 52.8 Å². The molecule has 0 saturated carbocycles. The van der Waals surface area contributed by atoms with Gasteiger partial charge in [0.15, 0.2) is 11.5 Å². The van der Waals surface area contributed by atoms with Crippen LogP contribution >= 0.6 is 0 Å². The number of pyridine rings is 1. The number of nitrogens with one attached hydrogen (secondary N) is 1. The topological polar surface area (TPSA) is 136 Å². The van der Waals surface area contributed by atoms with Gasteiger partial charge < -0.3 is 35.5 Å². The maximum absolute atomic E-state index is 14.6. The average molecular weight is 580 g/mol. The van der Waals surface area contributed by atoms with Crippen molar-refractivity contribution in [2.75, 3.05) is 26.9 Å². The third-order valence-electron chi connectivity index (χ3n) is 6.52. The van der Waals surface area contributed by atoms with E-state index in [4.69, 9.17) is 19.9 Å². The summed E-state index contributed by atoms with van der Waals surface area (Å²) in [6, 6.07) is 10.2. The van der Waals surface area contributed by atoms with Crippen LogP contribution in [-0.2, 0) is 11.1 Å². The predicted octanol–water partition coefficient (Wildman–Crippen LogP) is 3.40. The molecular weight excluding hydrogens is 550 g/mol. The van der Waals surface area contributed by atoms with E-state index >= 15 is 0 Å². The molecular formula is C28H29F4N3O6. The van der Waals surface area contributed by atoms with Crippen LogP contribution in [0.25, 0.3) is 11.3 Å². The number of aliphatic hydroxyl groups is 2. The lowest BCUT2D eigenvalue weighted by molar-refractivity contribution is -0.265. The van der Waals surface area contributed by atoms with Crippen molar-refractivity contribution in [3.63, 3.8) is 0 Å². The molecule has 0 spiro atoms. The molecule has 0 fully saturated rings. The molecule has 41 heavy (non-hydrogen) atoms. The number of carbonyl (C=O) groups excluding carboxylic acids is 1. The minimum atomic E-state index is -5.32. The zero-order valence-corrected chi connectivity index (χ0v) is 22.4. The number of benzene rings is 2. The molecule has 5 N–H and O–H groups in total. The molecule has 13 heteroatoms. The molecule has 0 aliphatic carbocycles. The first-order chi connectivity index (χ1) is 19.2. The smallest absolute Gasteiger partial charge is 0.424 e. The Hall–Kier alpha value is -3.94. The van der Waals surface area contributed by atoms with Gasteiger partial charge in [0, 0.05) is 16.7 Å². The number of methoxy groups -OCH3 is 1. The highest BCUT2D eigenvalue weighted by Gasteiger charge is 2.59. The Morgan fingerprint density at radius 1 is 1.20 bits per heavy atom. The minimum absolute atomic E-state index is 0.00699. The van der Waals surface area contributed by atoms with Gasteiger partial charge in [-0.3, -0.25) is 4.79 Å². The number of fused-ring (bicyclic) bond motifs is 1. The second-order valence-corrected chi connectivity index (χ2v) is 10.0. The Kier molecular flexibility index (Phi) is 8.16. The minimum Gasteiger partial charge on any atom is -0.493 e. The molecule has 2 heterocycles. The molecule has 3 atom stereocenters. The number of carbonyl (C=O) groups is 1. The Morgan fingerprint density at radius 3 is 2.49 bits per heavy atom. The summed E-state index contributed by atoms with van der Waals surface area (Å²) in [7, 11) is 1.31. The molecule has 1 amide bonds. The average Bonchev–Trinajstić information content (AvgIpc) is 3.23. The van der Waals surface area contributed by atoms with Crippen molar-refractivity contribution in [1.29, 1.82) is 0 Å². The second-order valence-electron chi connectivity index (χ2n) is 10.0. The van der Waals surface area contributed by atoms with Crippen LogP contribution in [-0.4, -0.2) is 60.3 Å². The highest BCUT2D eigenvalue weighted by atomic mass is 19.4. The Balaban J connectivity index is 1.71. The van der Waals surface area contributed by atoms with Crippen LogP contribution < -0.4 is 25.3 Å². The lowest BCUT2D eigenvalue weighted by atomic mass is 9.89. The van der Waals surface area contributed by atoms with E-state index in [1.807, 2.05) is 0 Å². The van der Waals surface area contributed by atoms with Gasteiger partial charge in [-0.25, -0.2) is 9.37 Å². The van der Waals surface area contributed by atoms with Crippen molar-refractivity contribution in [3.05, 3.63) is 71.2 Å². The third-order valence-corrected chi connectivity index (χ3v) is 6.52. The van der Waals surface area contributed by atoms with E-state index in [9.17, 15) is 32.6 Å². The van der Waals surface area contributed by atoms with Gasteiger partial charge in [-0.15, -0.1) is 0 Å². The fourth-order valence-corrected chi connectivity index (χ4v) is 4.22. The van der Waals surface area contributed by atoms with Gasteiger partial charge in [-0.1, -0.05) is 0 Å². The van der Waals surface area contributed by atoms with Gasteiger partial charge in [0.1, 0.15) is 30.5 Å². The molecule has 220 valence electrons. The summed E-state index contributed by atoms with van der Waals surface area (Å²) in [5.74, 6) is -1.56. The number of aromatic nitrogens is 1. The first-order valence-electron chi connectivity index (χ1n) is 12.5. The van der Waals surface area contributed by atoms with Crippen LogP contribution in [0.3, 0.4) is 0 Å². The molecule has 2 aromatic carbocycles. The van der Waals surface area contributed by atoms with E-state index in [1.54, 1.807) is 6.92 Å². The van der Waals surface area contributed by atoms with Crippen molar-refractivity contribution in [2.24, 2.45) is 5.73 Å². The first kappa shape index (κ1) is 30.0. The Bertz CT molecular complexity index is 1430. The summed E-state index contributed by atoms with van der Waals surface area (Å²) in [4.78, 5) is 17.0. The summed E-state index contributed by atoms with van der Waals surface area (Å²) in [5, 5.41) is 22.7.